The summed E-state index contributed by atoms with van der Waals surface area (Å²) >= 11 is 0. The first-order valence-electron chi connectivity index (χ1n) is 9.24. The predicted molar refractivity (Wildman–Crippen MR) is 92.7 cm³/mol. The fourth-order valence-electron chi connectivity index (χ4n) is 4.74. The Morgan fingerprint density at radius 3 is 2.96 bits per heavy atom. The molecule has 0 aromatic carbocycles. The molecule has 3 aliphatic rings. The van der Waals surface area contributed by atoms with Crippen molar-refractivity contribution in [3.05, 3.63) is 0 Å². The maximum Gasteiger partial charge on any atom is 0.194 e. The van der Waals surface area contributed by atoms with E-state index < -0.39 is 0 Å². The molecule has 5 heteroatoms. The van der Waals surface area contributed by atoms with E-state index in [1.54, 1.807) is 7.11 Å². The topological polar surface area (TPSA) is 46.1 Å². The van der Waals surface area contributed by atoms with Crippen LogP contribution in [0.4, 0.5) is 0 Å². The van der Waals surface area contributed by atoms with Crippen LogP contribution in [0.2, 0.25) is 0 Å². The Balaban J connectivity index is 1.65. The van der Waals surface area contributed by atoms with Gasteiger partial charge in [-0.05, 0) is 26.2 Å². The summed E-state index contributed by atoms with van der Waals surface area (Å²) in [6.07, 6.45) is 4.07. The highest BCUT2D eigenvalue weighted by atomic mass is 16.5. The molecule has 3 fully saturated rings. The molecule has 3 rings (SSSR count). The van der Waals surface area contributed by atoms with Crippen molar-refractivity contribution < 1.29 is 9.47 Å². The molecule has 5 nitrogen and oxygen atoms in total. The number of hydrogen-bond acceptors (Lipinski definition) is 3. The van der Waals surface area contributed by atoms with Crippen LogP contribution in [-0.2, 0) is 9.47 Å². The molecule has 4 atom stereocenters. The molecular formula is C18H33N3O2. The van der Waals surface area contributed by atoms with Crippen molar-refractivity contribution in [1.29, 1.82) is 0 Å². The van der Waals surface area contributed by atoms with Gasteiger partial charge in [0.1, 0.15) is 0 Å². The molecule has 0 bridgehead atoms. The number of guanidine groups is 1. The van der Waals surface area contributed by atoms with Gasteiger partial charge in [-0.3, -0.25) is 4.99 Å². The summed E-state index contributed by atoms with van der Waals surface area (Å²) in [5, 5.41) is 3.80. The van der Waals surface area contributed by atoms with Gasteiger partial charge in [-0.25, -0.2) is 0 Å². The van der Waals surface area contributed by atoms with Gasteiger partial charge >= 0.3 is 0 Å². The van der Waals surface area contributed by atoms with Gasteiger partial charge in [0.25, 0.3) is 0 Å². The Morgan fingerprint density at radius 1 is 1.39 bits per heavy atom. The lowest BCUT2D eigenvalue weighted by molar-refractivity contribution is -0.188. The number of methoxy groups -OCH3 is 1. The Hall–Kier alpha value is -0.810. The molecule has 1 saturated carbocycles. The van der Waals surface area contributed by atoms with E-state index in [9.17, 15) is 0 Å². The molecule has 2 saturated heterocycles. The van der Waals surface area contributed by atoms with Crippen LogP contribution in [-0.4, -0.2) is 63.0 Å². The number of rotatable bonds is 4. The molecule has 132 valence electrons. The van der Waals surface area contributed by atoms with Crippen LogP contribution in [0.15, 0.2) is 4.99 Å². The minimum atomic E-state index is 0.186. The molecule has 0 spiro atoms. The Morgan fingerprint density at radius 2 is 2.22 bits per heavy atom. The molecule has 1 N–H and O–H groups in total. The van der Waals surface area contributed by atoms with Gasteiger partial charge in [0.15, 0.2) is 5.96 Å². The summed E-state index contributed by atoms with van der Waals surface area (Å²) in [5.74, 6) is 2.36. The van der Waals surface area contributed by atoms with Crippen molar-refractivity contribution in [2.75, 3.05) is 40.0 Å². The Bertz CT molecular complexity index is 438. The molecule has 2 aliphatic heterocycles. The lowest BCUT2D eigenvalue weighted by atomic mass is 9.55. The standard InChI is InChI=1S/C18H33N3O2/c1-5-19-17(21-9-8-13(11-21)12-22-4)20-15-14-7-6-10-23-16(14)18(15,2)3/h13-16H,5-12H2,1-4H3,(H,19,20). The third-order valence-electron chi connectivity index (χ3n) is 5.91. The minimum absolute atomic E-state index is 0.186. The second-order valence-corrected chi connectivity index (χ2v) is 7.89. The molecule has 23 heavy (non-hydrogen) atoms. The van der Waals surface area contributed by atoms with Gasteiger partial charge in [0, 0.05) is 56.6 Å². The van der Waals surface area contributed by atoms with E-state index in [2.05, 4.69) is 31.0 Å². The predicted octanol–water partition coefficient (Wildman–Crippen LogP) is 2.12. The van der Waals surface area contributed by atoms with Crippen molar-refractivity contribution in [1.82, 2.24) is 10.2 Å². The summed E-state index contributed by atoms with van der Waals surface area (Å²) in [5.41, 5.74) is 0.186. The number of nitrogens with one attached hydrogen (secondary N) is 1. The first-order valence-corrected chi connectivity index (χ1v) is 9.24. The first-order chi connectivity index (χ1) is 11.1. The molecule has 0 amide bonds. The zero-order chi connectivity index (χ0) is 16.4. The second kappa shape index (κ2) is 6.98. The molecule has 0 radical (unpaired) electrons. The molecule has 0 aromatic heterocycles. The summed E-state index contributed by atoms with van der Waals surface area (Å²) in [7, 11) is 1.79. The van der Waals surface area contributed by atoms with Gasteiger partial charge in [0.2, 0.25) is 0 Å². The highest BCUT2D eigenvalue weighted by molar-refractivity contribution is 5.81. The van der Waals surface area contributed by atoms with E-state index >= 15 is 0 Å². The van der Waals surface area contributed by atoms with Crippen LogP contribution >= 0.6 is 0 Å². The van der Waals surface area contributed by atoms with Crippen molar-refractivity contribution >= 4 is 5.96 Å². The van der Waals surface area contributed by atoms with E-state index in [0.29, 0.717) is 24.0 Å². The number of aliphatic imine (C=N–C) groups is 1. The largest absolute Gasteiger partial charge is 0.384 e. The summed E-state index contributed by atoms with van der Waals surface area (Å²) in [4.78, 5) is 7.19. The van der Waals surface area contributed by atoms with Crippen molar-refractivity contribution in [3.8, 4) is 0 Å². The van der Waals surface area contributed by atoms with Crippen LogP contribution in [0.25, 0.3) is 0 Å². The van der Waals surface area contributed by atoms with E-state index in [4.69, 9.17) is 14.5 Å². The zero-order valence-electron chi connectivity index (χ0n) is 15.2. The van der Waals surface area contributed by atoms with Crippen LogP contribution in [0, 0.1) is 17.3 Å². The number of hydrogen-bond donors (Lipinski definition) is 1. The Labute approximate surface area is 140 Å². The third kappa shape index (κ3) is 3.22. The molecular weight excluding hydrogens is 290 g/mol. The smallest absolute Gasteiger partial charge is 0.194 e. The third-order valence-corrected chi connectivity index (χ3v) is 5.91. The molecule has 4 unspecified atom stereocenters. The number of likely N-dealkylation sites (tertiary alicyclic amines) is 1. The normalized spacial score (nSPS) is 36.5. The van der Waals surface area contributed by atoms with Crippen molar-refractivity contribution in [2.24, 2.45) is 22.2 Å². The van der Waals surface area contributed by atoms with Gasteiger partial charge in [-0.1, -0.05) is 13.8 Å². The van der Waals surface area contributed by atoms with Crippen LogP contribution < -0.4 is 5.32 Å². The van der Waals surface area contributed by atoms with Crippen LogP contribution in [0.1, 0.15) is 40.0 Å². The van der Waals surface area contributed by atoms with E-state index in [-0.39, 0.29) is 5.41 Å². The first kappa shape index (κ1) is 17.0. The van der Waals surface area contributed by atoms with Gasteiger partial charge < -0.3 is 19.7 Å². The zero-order valence-corrected chi connectivity index (χ0v) is 15.2. The average molecular weight is 323 g/mol. The number of ether oxygens (including phenoxy) is 2. The van der Waals surface area contributed by atoms with Crippen molar-refractivity contribution in [3.63, 3.8) is 0 Å². The van der Waals surface area contributed by atoms with Gasteiger partial charge in [0.05, 0.1) is 12.7 Å². The summed E-state index contributed by atoms with van der Waals surface area (Å²) < 4.78 is 11.4. The van der Waals surface area contributed by atoms with Gasteiger partial charge in [-0.15, -0.1) is 0 Å². The van der Waals surface area contributed by atoms with Crippen LogP contribution in [0.3, 0.4) is 0 Å². The number of nitrogens with zero attached hydrogens (tertiary/aromatic N) is 2. The SMILES string of the molecule is CCN=C(NC1C2CCCOC2C1(C)C)N1CCC(COC)C1. The second-order valence-electron chi connectivity index (χ2n) is 7.89. The fraction of sp³-hybridized carbons (Fsp3) is 0.944. The summed E-state index contributed by atoms with van der Waals surface area (Å²) in [6.45, 7) is 11.5. The molecule has 2 heterocycles. The highest BCUT2D eigenvalue weighted by Crippen LogP contribution is 2.51. The maximum atomic E-state index is 6.03. The highest BCUT2D eigenvalue weighted by Gasteiger charge is 2.58. The van der Waals surface area contributed by atoms with E-state index in [0.717, 1.165) is 38.8 Å². The van der Waals surface area contributed by atoms with E-state index in [1.807, 2.05) is 0 Å². The minimum Gasteiger partial charge on any atom is -0.384 e. The monoisotopic (exact) mass is 323 g/mol. The molecule has 1 aliphatic carbocycles. The van der Waals surface area contributed by atoms with Gasteiger partial charge in [-0.2, -0.15) is 0 Å². The average Bonchev–Trinajstić information content (AvgIpc) is 3.00. The fourth-order valence-corrected chi connectivity index (χ4v) is 4.74. The van der Waals surface area contributed by atoms with Crippen LogP contribution in [0.5, 0.6) is 0 Å². The van der Waals surface area contributed by atoms with E-state index in [1.165, 1.54) is 19.3 Å². The lowest BCUT2D eigenvalue weighted by Gasteiger charge is -2.60. The van der Waals surface area contributed by atoms with Crippen molar-refractivity contribution in [2.45, 2.75) is 52.2 Å². The quantitative estimate of drug-likeness (QED) is 0.636. The maximum absolute atomic E-state index is 6.03. The Kier molecular flexibility index (Phi) is 5.16. The summed E-state index contributed by atoms with van der Waals surface area (Å²) in [6, 6.07) is 0.472. The molecule has 0 aromatic rings. The number of fused-ring (bicyclic) bond motifs is 1. The lowest BCUT2D eigenvalue weighted by Crippen LogP contribution is -2.71.